The lowest BCUT2D eigenvalue weighted by Gasteiger charge is -2.20. The molecule has 6 nitrogen and oxygen atoms in total. The van der Waals surface area contributed by atoms with Crippen LogP contribution < -0.4 is 14.2 Å². The molecule has 36 heavy (non-hydrogen) atoms. The summed E-state index contributed by atoms with van der Waals surface area (Å²) in [7, 11) is 2.99. The summed E-state index contributed by atoms with van der Waals surface area (Å²) in [4.78, 5) is 18.1. The van der Waals surface area contributed by atoms with Gasteiger partial charge in [-0.1, -0.05) is 91.0 Å². The number of carbonyl (C=O) groups excluding carboxylic acids is 1. The first-order chi connectivity index (χ1) is 17.6. The van der Waals surface area contributed by atoms with Crippen molar-refractivity contribution in [2.24, 2.45) is 0 Å². The van der Waals surface area contributed by atoms with Gasteiger partial charge in [0, 0.05) is 12.6 Å². The monoisotopic (exact) mass is 483 g/mol. The van der Waals surface area contributed by atoms with Gasteiger partial charge >= 0.3 is 0 Å². The van der Waals surface area contributed by atoms with Crippen LogP contribution in [0.5, 0.6) is 17.2 Å². The van der Waals surface area contributed by atoms with Crippen LogP contribution in [-0.4, -0.2) is 25.1 Å². The predicted molar refractivity (Wildman–Crippen MR) is 138 cm³/mol. The summed E-state index contributed by atoms with van der Waals surface area (Å²) in [6.45, 7) is 0.923. The number of ether oxygens (including phenoxy) is 3. The minimum Gasteiger partial charge on any atom is -0.485 e. The Hall–Kier alpha value is -4.29. The molecule has 0 aromatic heterocycles. The fourth-order valence-corrected chi connectivity index (χ4v) is 3.52. The Balaban J connectivity index is 1.70. The quantitative estimate of drug-likeness (QED) is 0.243. The van der Waals surface area contributed by atoms with Crippen LogP contribution in [0.2, 0.25) is 0 Å². The first-order valence-corrected chi connectivity index (χ1v) is 11.6. The zero-order chi connectivity index (χ0) is 25.2. The third-order valence-electron chi connectivity index (χ3n) is 5.53. The molecule has 0 N–H and O–H groups in total. The lowest BCUT2D eigenvalue weighted by atomic mass is 10.1. The maximum Gasteiger partial charge on any atom is 0.277 e. The van der Waals surface area contributed by atoms with E-state index in [1.54, 1.807) is 19.2 Å². The van der Waals surface area contributed by atoms with Gasteiger partial charge in [0.15, 0.2) is 11.5 Å². The molecule has 0 saturated carbocycles. The molecule has 0 aliphatic heterocycles. The molecule has 0 bridgehead atoms. The van der Waals surface area contributed by atoms with E-state index >= 15 is 0 Å². The van der Waals surface area contributed by atoms with Gasteiger partial charge < -0.3 is 14.2 Å². The molecule has 4 aromatic carbocycles. The standard InChI is InChI=1S/C30H29NO5/c1-31(33-2)30(32)26-18-27(34-20-23-12-6-3-7-13-23)29(36-22-25-16-10-5-11-17-25)28(19-26)35-21-24-14-8-4-9-15-24/h3-19H,20-22H2,1-2H3. The van der Waals surface area contributed by atoms with Crippen molar-refractivity contribution in [2.75, 3.05) is 14.2 Å². The van der Waals surface area contributed by atoms with Crippen molar-refractivity contribution in [3.8, 4) is 17.2 Å². The zero-order valence-electron chi connectivity index (χ0n) is 20.4. The minimum absolute atomic E-state index is 0.304. The molecule has 184 valence electrons. The highest BCUT2D eigenvalue weighted by atomic mass is 16.7. The number of amides is 1. The van der Waals surface area contributed by atoms with E-state index in [0.29, 0.717) is 42.6 Å². The van der Waals surface area contributed by atoms with Crippen molar-refractivity contribution >= 4 is 5.91 Å². The number of rotatable bonds is 11. The molecule has 0 heterocycles. The van der Waals surface area contributed by atoms with Crippen LogP contribution >= 0.6 is 0 Å². The average Bonchev–Trinajstić information content (AvgIpc) is 2.94. The van der Waals surface area contributed by atoms with E-state index in [0.717, 1.165) is 21.8 Å². The van der Waals surface area contributed by atoms with E-state index in [1.165, 1.54) is 7.11 Å². The SMILES string of the molecule is CON(C)C(=O)c1cc(OCc2ccccc2)c(OCc2ccccc2)c(OCc2ccccc2)c1. The smallest absolute Gasteiger partial charge is 0.277 e. The van der Waals surface area contributed by atoms with Gasteiger partial charge in [0.05, 0.1) is 7.11 Å². The van der Waals surface area contributed by atoms with Gasteiger partial charge in [-0.05, 0) is 28.8 Å². The van der Waals surface area contributed by atoms with E-state index in [-0.39, 0.29) is 5.91 Å². The summed E-state index contributed by atoms with van der Waals surface area (Å²) in [5.41, 5.74) is 3.34. The third-order valence-corrected chi connectivity index (χ3v) is 5.53. The van der Waals surface area contributed by atoms with Gasteiger partial charge in [-0.2, -0.15) is 0 Å². The Kier molecular flexibility index (Phi) is 8.57. The molecule has 0 aliphatic rings. The second-order valence-electron chi connectivity index (χ2n) is 8.11. The Labute approximate surface area is 211 Å². The molecular formula is C30H29NO5. The molecule has 4 rings (SSSR count). The third kappa shape index (κ3) is 6.64. The number of carbonyl (C=O) groups is 1. The van der Waals surface area contributed by atoms with Gasteiger partial charge in [-0.25, -0.2) is 5.06 Å². The normalized spacial score (nSPS) is 10.5. The molecule has 0 radical (unpaired) electrons. The number of hydroxylamine groups is 2. The summed E-state index contributed by atoms with van der Waals surface area (Å²) >= 11 is 0. The van der Waals surface area contributed by atoms with Gasteiger partial charge in [0.1, 0.15) is 19.8 Å². The lowest BCUT2D eigenvalue weighted by Crippen LogP contribution is -2.25. The van der Waals surface area contributed by atoms with Gasteiger partial charge in [0.25, 0.3) is 5.91 Å². The van der Waals surface area contributed by atoms with Crippen LogP contribution in [0.15, 0.2) is 103 Å². The minimum atomic E-state index is -0.332. The van der Waals surface area contributed by atoms with E-state index in [9.17, 15) is 4.79 Å². The molecule has 0 fully saturated rings. The van der Waals surface area contributed by atoms with Crippen molar-refractivity contribution in [3.63, 3.8) is 0 Å². The number of benzene rings is 4. The Morgan fingerprint density at radius 1 is 0.639 bits per heavy atom. The van der Waals surface area contributed by atoms with Crippen LogP contribution in [-0.2, 0) is 24.7 Å². The van der Waals surface area contributed by atoms with Crippen molar-refractivity contribution in [2.45, 2.75) is 19.8 Å². The maximum atomic E-state index is 13.0. The molecule has 0 atom stereocenters. The number of hydrogen-bond acceptors (Lipinski definition) is 5. The van der Waals surface area contributed by atoms with Crippen LogP contribution in [0.4, 0.5) is 0 Å². The van der Waals surface area contributed by atoms with Crippen LogP contribution in [0, 0.1) is 0 Å². The van der Waals surface area contributed by atoms with E-state index < -0.39 is 0 Å². The fourth-order valence-electron chi connectivity index (χ4n) is 3.52. The first kappa shape index (κ1) is 24.8. The van der Waals surface area contributed by atoms with Gasteiger partial charge in [-0.3, -0.25) is 9.63 Å². The summed E-state index contributed by atoms with van der Waals surface area (Å²) < 4.78 is 18.6. The molecule has 0 saturated heterocycles. The molecule has 0 unspecified atom stereocenters. The Morgan fingerprint density at radius 2 is 1.03 bits per heavy atom. The second-order valence-corrected chi connectivity index (χ2v) is 8.11. The highest BCUT2D eigenvalue weighted by Crippen LogP contribution is 2.40. The second kappa shape index (κ2) is 12.4. The summed E-state index contributed by atoms with van der Waals surface area (Å²) in [6, 6.07) is 32.8. The van der Waals surface area contributed by atoms with Crippen molar-refractivity contribution in [1.29, 1.82) is 0 Å². The average molecular weight is 484 g/mol. The summed E-state index contributed by atoms with van der Waals surface area (Å²) in [6.07, 6.45) is 0. The summed E-state index contributed by atoms with van der Waals surface area (Å²) in [5.74, 6) is 0.921. The number of hydrogen-bond donors (Lipinski definition) is 0. The Bertz CT molecular complexity index is 1180. The van der Waals surface area contributed by atoms with Crippen molar-refractivity contribution in [3.05, 3.63) is 125 Å². The highest BCUT2D eigenvalue weighted by molar-refractivity contribution is 5.94. The Morgan fingerprint density at radius 3 is 1.42 bits per heavy atom. The van der Waals surface area contributed by atoms with Crippen molar-refractivity contribution < 1.29 is 23.8 Å². The van der Waals surface area contributed by atoms with Crippen LogP contribution in [0.3, 0.4) is 0 Å². The molecule has 6 heteroatoms. The molecular weight excluding hydrogens is 454 g/mol. The summed E-state index contributed by atoms with van der Waals surface area (Å²) in [5, 5.41) is 1.15. The molecule has 1 amide bonds. The maximum absolute atomic E-state index is 13.0. The molecule has 0 spiro atoms. The van der Waals surface area contributed by atoms with Crippen LogP contribution in [0.25, 0.3) is 0 Å². The largest absolute Gasteiger partial charge is 0.485 e. The van der Waals surface area contributed by atoms with Gasteiger partial charge in [0.2, 0.25) is 5.75 Å². The number of nitrogens with zero attached hydrogens (tertiary/aromatic N) is 1. The fraction of sp³-hybridized carbons (Fsp3) is 0.167. The van der Waals surface area contributed by atoms with Crippen molar-refractivity contribution in [1.82, 2.24) is 5.06 Å². The first-order valence-electron chi connectivity index (χ1n) is 11.6. The molecule has 4 aromatic rings. The van der Waals surface area contributed by atoms with Gasteiger partial charge in [-0.15, -0.1) is 0 Å². The molecule has 0 aliphatic carbocycles. The topological polar surface area (TPSA) is 57.2 Å². The predicted octanol–water partition coefficient (Wildman–Crippen LogP) is 6.06. The van der Waals surface area contributed by atoms with E-state index in [2.05, 4.69) is 0 Å². The van der Waals surface area contributed by atoms with E-state index in [1.807, 2.05) is 91.0 Å². The highest BCUT2D eigenvalue weighted by Gasteiger charge is 2.21. The van der Waals surface area contributed by atoms with Crippen LogP contribution in [0.1, 0.15) is 27.0 Å². The van der Waals surface area contributed by atoms with E-state index in [4.69, 9.17) is 19.0 Å². The zero-order valence-corrected chi connectivity index (χ0v) is 20.4. The lowest BCUT2D eigenvalue weighted by molar-refractivity contribution is -0.0757.